The highest BCUT2D eigenvalue weighted by Gasteiger charge is 2.65. The number of amides is 1. The monoisotopic (exact) mass is 266 g/mol. The molecular formula is C13H16NO5-. The van der Waals surface area contributed by atoms with Gasteiger partial charge in [-0.15, -0.1) is 0 Å². The summed E-state index contributed by atoms with van der Waals surface area (Å²) in [5.74, 6) is -2.83. The summed E-state index contributed by atoms with van der Waals surface area (Å²) in [6.07, 6.45) is 3.80. The van der Waals surface area contributed by atoms with Crippen molar-refractivity contribution in [1.29, 1.82) is 0 Å². The largest absolute Gasteiger partial charge is 0.550 e. The van der Waals surface area contributed by atoms with Crippen molar-refractivity contribution in [2.24, 2.45) is 11.8 Å². The summed E-state index contributed by atoms with van der Waals surface area (Å²) in [7, 11) is 1.61. The molecule has 1 spiro atoms. The second-order valence-corrected chi connectivity index (χ2v) is 5.33. The van der Waals surface area contributed by atoms with Gasteiger partial charge < -0.3 is 24.3 Å². The quantitative estimate of drug-likeness (QED) is 0.449. The normalized spacial score (nSPS) is 39.1. The maximum Gasteiger partial charge on any atom is 0.229 e. The molecule has 6 heteroatoms. The molecule has 0 aromatic carbocycles. The van der Waals surface area contributed by atoms with Crippen molar-refractivity contribution in [3.05, 3.63) is 12.2 Å². The fourth-order valence-electron chi connectivity index (χ4n) is 3.44. The van der Waals surface area contributed by atoms with Gasteiger partial charge >= 0.3 is 0 Å². The Morgan fingerprint density at radius 2 is 2.47 bits per heavy atom. The molecule has 0 aromatic heterocycles. The van der Waals surface area contributed by atoms with E-state index in [1.807, 2.05) is 6.08 Å². The zero-order valence-corrected chi connectivity index (χ0v) is 10.7. The van der Waals surface area contributed by atoms with Gasteiger partial charge in [-0.1, -0.05) is 12.2 Å². The van der Waals surface area contributed by atoms with Gasteiger partial charge in [0.05, 0.1) is 18.6 Å². The molecule has 2 fully saturated rings. The zero-order chi connectivity index (χ0) is 13.6. The van der Waals surface area contributed by atoms with E-state index in [0.29, 0.717) is 19.7 Å². The lowest BCUT2D eigenvalue weighted by molar-refractivity contribution is -0.313. The third-order valence-electron chi connectivity index (χ3n) is 4.23. The molecule has 3 aliphatic rings. The minimum absolute atomic E-state index is 0.142. The number of nitrogens with zero attached hydrogens (tertiary/aromatic N) is 1. The van der Waals surface area contributed by atoms with Crippen LogP contribution in [0.4, 0.5) is 0 Å². The zero-order valence-electron chi connectivity index (χ0n) is 10.7. The molecule has 6 nitrogen and oxygen atoms in total. The van der Waals surface area contributed by atoms with Gasteiger partial charge in [0.25, 0.3) is 0 Å². The van der Waals surface area contributed by atoms with Crippen molar-refractivity contribution < 1.29 is 24.2 Å². The Labute approximate surface area is 111 Å². The second kappa shape index (κ2) is 4.31. The molecule has 4 atom stereocenters. The number of aliphatic carboxylic acids is 1. The van der Waals surface area contributed by atoms with Crippen molar-refractivity contribution in [2.45, 2.75) is 18.1 Å². The lowest BCUT2D eigenvalue weighted by atomic mass is 9.77. The van der Waals surface area contributed by atoms with Crippen molar-refractivity contribution in [2.75, 3.05) is 26.8 Å². The van der Waals surface area contributed by atoms with E-state index in [1.54, 1.807) is 18.1 Å². The van der Waals surface area contributed by atoms with E-state index in [9.17, 15) is 14.7 Å². The maximum absolute atomic E-state index is 12.4. The molecule has 3 heterocycles. The van der Waals surface area contributed by atoms with Gasteiger partial charge in [0.1, 0.15) is 5.60 Å². The SMILES string of the molecule is COCCCN1C[C@@]23C=C[C@H](O2)[C@@H](C(=O)[O-])[C@H]3C1=O. The Morgan fingerprint density at radius 1 is 1.68 bits per heavy atom. The number of carbonyl (C=O) groups excluding carboxylic acids is 2. The van der Waals surface area contributed by atoms with Gasteiger partial charge in [-0.25, -0.2) is 0 Å². The summed E-state index contributed by atoms with van der Waals surface area (Å²) >= 11 is 0. The molecule has 19 heavy (non-hydrogen) atoms. The minimum atomic E-state index is -1.20. The fourth-order valence-corrected chi connectivity index (χ4v) is 3.44. The Balaban J connectivity index is 1.79. The second-order valence-electron chi connectivity index (χ2n) is 5.33. The van der Waals surface area contributed by atoms with Gasteiger partial charge in [-0.05, 0) is 6.42 Å². The Kier molecular flexibility index (Phi) is 2.87. The number of ether oxygens (including phenoxy) is 2. The standard InChI is InChI=1S/C13H17NO5/c1-18-6-2-5-14-7-13-4-3-8(19-13)9(12(16)17)10(13)11(14)15/h3-4,8-10H,2,5-7H2,1H3,(H,16,17)/p-1/t8-,9+,10-,13+/m0/s1. The average molecular weight is 266 g/mol. The Hall–Kier alpha value is -1.40. The van der Waals surface area contributed by atoms with Crippen LogP contribution in [0.15, 0.2) is 12.2 Å². The average Bonchev–Trinajstić information content (AvgIpc) is 2.99. The Bertz CT molecular complexity index is 448. The van der Waals surface area contributed by atoms with Crippen molar-refractivity contribution in [3.8, 4) is 0 Å². The van der Waals surface area contributed by atoms with E-state index in [0.717, 1.165) is 6.42 Å². The molecule has 0 unspecified atom stereocenters. The third-order valence-corrected chi connectivity index (χ3v) is 4.23. The molecule has 3 rings (SSSR count). The number of hydrogen-bond donors (Lipinski definition) is 0. The molecule has 0 N–H and O–H groups in total. The smallest absolute Gasteiger partial charge is 0.229 e. The minimum Gasteiger partial charge on any atom is -0.550 e. The first-order valence-electron chi connectivity index (χ1n) is 6.45. The number of rotatable bonds is 5. The van der Waals surface area contributed by atoms with Gasteiger partial charge in [-0.3, -0.25) is 4.79 Å². The lowest BCUT2D eigenvalue weighted by Gasteiger charge is -2.24. The molecular weight excluding hydrogens is 250 g/mol. The van der Waals surface area contributed by atoms with E-state index >= 15 is 0 Å². The molecule has 0 saturated carbocycles. The van der Waals surface area contributed by atoms with Gasteiger partial charge in [-0.2, -0.15) is 0 Å². The van der Waals surface area contributed by atoms with Gasteiger partial charge in [0.15, 0.2) is 0 Å². The lowest BCUT2D eigenvalue weighted by Crippen LogP contribution is -2.45. The summed E-state index contributed by atoms with van der Waals surface area (Å²) in [6, 6.07) is 0. The van der Waals surface area contributed by atoms with Gasteiger partial charge in [0.2, 0.25) is 5.91 Å². The van der Waals surface area contributed by atoms with E-state index in [1.165, 1.54) is 0 Å². The highest BCUT2D eigenvalue weighted by molar-refractivity contribution is 5.90. The highest BCUT2D eigenvalue weighted by Crippen LogP contribution is 2.51. The number of likely N-dealkylation sites (tertiary alicyclic amines) is 1. The number of carbonyl (C=O) groups is 2. The summed E-state index contributed by atoms with van der Waals surface area (Å²) < 4.78 is 10.7. The first-order chi connectivity index (χ1) is 9.09. The number of carboxylic acids is 1. The third kappa shape index (κ3) is 1.70. The predicted octanol–water partition coefficient (Wildman–Crippen LogP) is -1.45. The molecule has 1 amide bonds. The summed E-state index contributed by atoms with van der Waals surface area (Å²) in [5, 5.41) is 11.2. The molecule has 0 radical (unpaired) electrons. The molecule has 2 bridgehead atoms. The van der Waals surface area contributed by atoms with Crippen LogP contribution in [-0.2, 0) is 19.1 Å². The number of fused-ring (bicyclic) bond motifs is 1. The topological polar surface area (TPSA) is 78.9 Å². The van der Waals surface area contributed by atoms with Crippen LogP contribution < -0.4 is 5.11 Å². The van der Waals surface area contributed by atoms with Crippen LogP contribution in [0.2, 0.25) is 0 Å². The molecule has 2 saturated heterocycles. The Morgan fingerprint density at radius 3 is 3.16 bits per heavy atom. The van der Waals surface area contributed by atoms with E-state index in [2.05, 4.69) is 0 Å². The van der Waals surface area contributed by atoms with Crippen LogP contribution in [-0.4, -0.2) is 55.3 Å². The van der Waals surface area contributed by atoms with Crippen molar-refractivity contribution >= 4 is 11.9 Å². The van der Waals surface area contributed by atoms with Crippen LogP contribution in [0, 0.1) is 11.8 Å². The molecule has 3 aliphatic heterocycles. The maximum atomic E-state index is 12.4. The highest BCUT2D eigenvalue weighted by atomic mass is 16.5. The number of hydrogen-bond acceptors (Lipinski definition) is 5. The van der Waals surface area contributed by atoms with Crippen molar-refractivity contribution in [3.63, 3.8) is 0 Å². The predicted molar refractivity (Wildman–Crippen MR) is 61.8 cm³/mol. The van der Waals surface area contributed by atoms with Gasteiger partial charge in [0, 0.05) is 32.1 Å². The van der Waals surface area contributed by atoms with Crippen LogP contribution in [0.1, 0.15) is 6.42 Å². The molecule has 0 aromatic rings. The van der Waals surface area contributed by atoms with E-state index in [-0.39, 0.29) is 5.91 Å². The van der Waals surface area contributed by atoms with Crippen LogP contribution in [0.5, 0.6) is 0 Å². The molecule has 0 aliphatic carbocycles. The van der Waals surface area contributed by atoms with E-state index in [4.69, 9.17) is 9.47 Å². The first kappa shape index (κ1) is 12.6. The van der Waals surface area contributed by atoms with Crippen LogP contribution >= 0.6 is 0 Å². The first-order valence-corrected chi connectivity index (χ1v) is 6.45. The summed E-state index contributed by atoms with van der Waals surface area (Å²) in [5.41, 5.74) is -0.750. The number of carboxylic acid groups (broad SMARTS) is 1. The summed E-state index contributed by atoms with van der Waals surface area (Å²) in [6.45, 7) is 1.56. The fraction of sp³-hybridized carbons (Fsp3) is 0.692. The van der Waals surface area contributed by atoms with Crippen LogP contribution in [0.25, 0.3) is 0 Å². The molecule has 104 valence electrons. The van der Waals surface area contributed by atoms with Crippen LogP contribution in [0.3, 0.4) is 0 Å². The number of methoxy groups -OCH3 is 1. The van der Waals surface area contributed by atoms with E-state index < -0.39 is 29.5 Å². The summed E-state index contributed by atoms with van der Waals surface area (Å²) in [4.78, 5) is 25.3. The van der Waals surface area contributed by atoms with Crippen molar-refractivity contribution in [1.82, 2.24) is 4.90 Å².